The van der Waals surface area contributed by atoms with E-state index < -0.39 is 11.1 Å². The number of fused-ring (bicyclic) bond motifs is 3. The maximum absolute atomic E-state index is 12.2. The highest BCUT2D eigenvalue weighted by Gasteiger charge is 2.64. The van der Waals surface area contributed by atoms with E-state index in [9.17, 15) is 5.11 Å². The van der Waals surface area contributed by atoms with Gasteiger partial charge in [0, 0.05) is 24.4 Å². The third-order valence-electron chi connectivity index (χ3n) is 6.36. The van der Waals surface area contributed by atoms with Crippen LogP contribution in [-0.4, -0.2) is 22.9 Å². The van der Waals surface area contributed by atoms with Gasteiger partial charge >= 0.3 is 0 Å². The van der Waals surface area contributed by atoms with E-state index in [4.69, 9.17) is 0 Å². The molecule has 1 aliphatic heterocycles. The van der Waals surface area contributed by atoms with Crippen molar-refractivity contribution < 1.29 is 5.11 Å². The second-order valence-electron chi connectivity index (χ2n) is 7.95. The molecule has 2 atom stereocenters. The molecule has 2 aromatic carbocycles. The van der Waals surface area contributed by atoms with E-state index in [2.05, 4.69) is 41.9 Å². The number of likely N-dealkylation sites (N-methyl/N-ethyl adjacent to an activating group) is 1. The summed E-state index contributed by atoms with van der Waals surface area (Å²) in [6, 6.07) is 24.2. The molecule has 1 N–H and O–H groups in total. The van der Waals surface area contributed by atoms with Gasteiger partial charge in [-0.2, -0.15) is 0 Å². The normalized spacial score (nSPS) is 24.7. The Hall–Kier alpha value is -3.35. The van der Waals surface area contributed by atoms with Crippen molar-refractivity contribution in [2.45, 2.75) is 24.5 Å². The quantitative estimate of drug-likeness (QED) is 0.638. The molecular formula is C26H22N2O. The molecule has 0 spiro atoms. The van der Waals surface area contributed by atoms with Gasteiger partial charge in [-0.05, 0) is 35.8 Å². The van der Waals surface area contributed by atoms with E-state index >= 15 is 0 Å². The van der Waals surface area contributed by atoms with Gasteiger partial charge in [-0.1, -0.05) is 73.4 Å². The molecule has 2 aliphatic rings. The first-order valence-corrected chi connectivity index (χ1v) is 9.83. The van der Waals surface area contributed by atoms with Crippen molar-refractivity contribution in [2.75, 3.05) is 11.9 Å². The van der Waals surface area contributed by atoms with Crippen molar-refractivity contribution in [2.24, 2.45) is 0 Å². The number of allylic oxidation sites excluding steroid dienone is 1. The predicted octanol–water partition coefficient (Wildman–Crippen LogP) is 4.39. The monoisotopic (exact) mass is 378 g/mol. The standard InChI is InChI=1S/C26H22N2O/c1-25-18-21(20-12-7-4-8-13-20)22(16-15-19-10-5-3-6-11-19)26(25,29)28(2)24-23(25)14-9-17-27-24/h3-14,17,29H,18H2,1-2H3. The highest BCUT2D eigenvalue weighted by Crippen LogP contribution is 2.61. The van der Waals surface area contributed by atoms with Crippen molar-refractivity contribution in [3.05, 3.63) is 101 Å². The van der Waals surface area contributed by atoms with Gasteiger partial charge < -0.3 is 10.0 Å². The van der Waals surface area contributed by atoms with Gasteiger partial charge in [-0.3, -0.25) is 0 Å². The van der Waals surface area contributed by atoms with Crippen molar-refractivity contribution >= 4 is 11.4 Å². The van der Waals surface area contributed by atoms with Gasteiger partial charge in [0.2, 0.25) is 0 Å². The molecule has 142 valence electrons. The van der Waals surface area contributed by atoms with Crippen LogP contribution in [-0.2, 0) is 5.41 Å². The minimum atomic E-state index is -1.24. The topological polar surface area (TPSA) is 36.4 Å². The highest BCUT2D eigenvalue weighted by molar-refractivity contribution is 5.85. The zero-order chi connectivity index (χ0) is 20.1. The van der Waals surface area contributed by atoms with E-state index in [-0.39, 0.29) is 0 Å². The predicted molar refractivity (Wildman–Crippen MR) is 116 cm³/mol. The number of hydrogen-bond donors (Lipinski definition) is 1. The van der Waals surface area contributed by atoms with Crippen LogP contribution in [0.15, 0.2) is 84.6 Å². The molecule has 0 saturated carbocycles. The van der Waals surface area contributed by atoms with Gasteiger partial charge in [0.1, 0.15) is 5.82 Å². The Morgan fingerprint density at radius 3 is 2.34 bits per heavy atom. The van der Waals surface area contributed by atoms with E-state index in [0.29, 0.717) is 6.42 Å². The SMILES string of the molecule is CN1c2ncccc2C2(C)CC(c3ccccc3)=C(C#Cc3ccccc3)C12O. The summed E-state index contributed by atoms with van der Waals surface area (Å²) in [7, 11) is 1.91. The largest absolute Gasteiger partial charge is 0.365 e. The van der Waals surface area contributed by atoms with Gasteiger partial charge in [-0.15, -0.1) is 0 Å². The summed E-state index contributed by atoms with van der Waals surface area (Å²) in [5, 5.41) is 12.2. The summed E-state index contributed by atoms with van der Waals surface area (Å²) in [5.74, 6) is 7.46. The van der Waals surface area contributed by atoms with Gasteiger partial charge in [-0.25, -0.2) is 4.98 Å². The fourth-order valence-electron chi connectivity index (χ4n) is 4.83. The molecule has 29 heavy (non-hydrogen) atoms. The molecule has 3 heteroatoms. The fourth-order valence-corrected chi connectivity index (χ4v) is 4.83. The number of aliphatic hydroxyl groups is 1. The Morgan fingerprint density at radius 1 is 0.931 bits per heavy atom. The second-order valence-corrected chi connectivity index (χ2v) is 7.95. The van der Waals surface area contributed by atoms with Crippen LogP contribution in [0, 0.1) is 11.8 Å². The van der Waals surface area contributed by atoms with Crippen molar-refractivity contribution in [3.63, 3.8) is 0 Å². The van der Waals surface area contributed by atoms with Gasteiger partial charge in [0.05, 0.1) is 11.0 Å². The molecule has 1 aromatic heterocycles. The molecule has 0 radical (unpaired) electrons. The lowest BCUT2D eigenvalue weighted by Gasteiger charge is -2.38. The molecule has 0 saturated heterocycles. The molecule has 2 unspecified atom stereocenters. The molecule has 0 fully saturated rings. The Labute approximate surface area is 171 Å². The van der Waals surface area contributed by atoms with E-state index in [0.717, 1.165) is 33.7 Å². The van der Waals surface area contributed by atoms with E-state index in [1.807, 2.05) is 66.5 Å². The number of nitrogens with zero attached hydrogens (tertiary/aromatic N) is 2. The first kappa shape index (κ1) is 17.7. The van der Waals surface area contributed by atoms with E-state index in [1.165, 1.54) is 0 Å². The third kappa shape index (κ3) is 2.40. The number of pyridine rings is 1. The summed E-state index contributed by atoms with van der Waals surface area (Å²) in [4.78, 5) is 6.45. The van der Waals surface area contributed by atoms with Crippen LogP contribution in [0.5, 0.6) is 0 Å². The van der Waals surface area contributed by atoms with Crippen LogP contribution < -0.4 is 4.90 Å². The molecule has 0 bridgehead atoms. The molecule has 3 nitrogen and oxygen atoms in total. The average Bonchev–Trinajstić information content (AvgIpc) is 3.10. The lowest BCUT2D eigenvalue weighted by Crippen LogP contribution is -2.54. The molecule has 0 amide bonds. The average molecular weight is 378 g/mol. The Bertz CT molecular complexity index is 1170. The summed E-state index contributed by atoms with van der Waals surface area (Å²) >= 11 is 0. The van der Waals surface area contributed by atoms with Crippen LogP contribution in [0.2, 0.25) is 0 Å². The number of aromatic nitrogens is 1. The highest BCUT2D eigenvalue weighted by atomic mass is 16.3. The van der Waals surface area contributed by atoms with Crippen molar-refractivity contribution in [1.82, 2.24) is 4.98 Å². The fraction of sp³-hybridized carbons (Fsp3) is 0.192. The first-order valence-electron chi connectivity index (χ1n) is 9.83. The summed E-state index contributed by atoms with van der Waals surface area (Å²) < 4.78 is 0. The van der Waals surface area contributed by atoms with Gasteiger partial charge in [0.15, 0.2) is 5.72 Å². The van der Waals surface area contributed by atoms with Crippen LogP contribution >= 0.6 is 0 Å². The molecule has 2 heterocycles. The zero-order valence-corrected chi connectivity index (χ0v) is 16.6. The Kier molecular flexibility index (Phi) is 3.87. The van der Waals surface area contributed by atoms with Crippen LogP contribution in [0.25, 0.3) is 5.57 Å². The minimum absolute atomic E-state index is 0.517. The maximum Gasteiger partial charge on any atom is 0.183 e. The second kappa shape index (κ2) is 6.34. The van der Waals surface area contributed by atoms with Crippen LogP contribution in [0.4, 0.5) is 5.82 Å². The molecular weight excluding hydrogens is 356 g/mol. The summed E-state index contributed by atoms with van der Waals surface area (Å²) in [6.07, 6.45) is 2.48. The van der Waals surface area contributed by atoms with Crippen LogP contribution in [0.1, 0.15) is 30.0 Å². The minimum Gasteiger partial charge on any atom is -0.365 e. The Morgan fingerprint density at radius 2 is 1.62 bits per heavy atom. The van der Waals surface area contributed by atoms with E-state index in [1.54, 1.807) is 6.20 Å². The smallest absolute Gasteiger partial charge is 0.183 e. The van der Waals surface area contributed by atoms with Crippen LogP contribution in [0.3, 0.4) is 0 Å². The summed E-state index contributed by atoms with van der Waals surface area (Å²) in [5.41, 5.74) is 3.20. The maximum atomic E-state index is 12.2. The number of hydrogen-bond acceptors (Lipinski definition) is 3. The lowest BCUT2D eigenvalue weighted by molar-refractivity contribution is 0.0308. The van der Waals surface area contributed by atoms with Crippen molar-refractivity contribution in [1.29, 1.82) is 0 Å². The molecule has 5 rings (SSSR count). The van der Waals surface area contributed by atoms with Crippen molar-refractivity contribution in [3.8, 4) is 11.8 Å². The third-order valence-corrected chi connectivity index (χ3v) is 6.36. The molecule has 3 aromatic rings. The first-order chi connectivity index (χ1) is 14.1. The number of anilines is 1. The van der Waals surface area contributed by atoms with Gasteiger partial charge in [0.25, 0.3) is 0 Å². The lowest BCUT2D eigenvalue weighted by atomic mass is 9.75. The zero-order valence-electron chi connectivity index (χ0n) is 16.6. The number of benzene rings is 2. The Balaban J connectivity index is 1.74. The summed E-state index contributed by atoms with van der Waals surface area (Å²) in [6.45, 7) is 2.12. The molecule has 1 aliphatic carbocycles. The number of rotatable bonds is 1.